The largest absolute Gasteiger partial charge is 0.466 e. The molecule has 0 aliphatic carbocycles. The van der Waals surface area contributed by atoms with Crippen LogP contribution in [0.15, 0.2) is 0 Å². The SMILES string of the molecule is CCCCCCCCCCCC(=O)OCCCC(O)CNCCCCN(C(=O)OC)C(C)(C)C. The molecule has 0 heterocycles. The maximum atomic E-state index is 11.9. The molecule has 7 heteroatoms. The van der Waals surface area contributed by atoms with E-state index in [2.05, 4.69) is 12.2 Å². The highest BCUT2D eigenvalue weighted by atomic mass is 16.5. The highest BCUT2D eigenvalue weighted by Crippen LogP contribution is 2.15. The Morgan fingerprint density at radius 3 is 2.12 bits per heavy atom. The Morgan fingerprint density at radius 1 is 0.912 bits per heavy atom. The molecule has 0 saturated carbocycles. The summed E-state index contributed by atoms with van der Waals surface area (Å²) in [6.07, 6.45) is 13.9. The normalized spacial score (nSPS) is 12.4. The van der Waals surface area contributed by atoms with E-state index in [4.69, 9.17) is 9.47 Å². The number of carbonyl (C=O) groups is 2. The summed E-state index contributed by atoms with van der Waals surface area (Å²) in [5, 5.41) is 13.3. The molecule has 1 amide bonds. The van der Waals surface area contributed by atoms with Gasteiger partial charge < -0.3 is 24.8 Å². The van der Waals surface area contributed by atoms with Crippen LogP contribution in [0, 0.1) is 0 Å². The summed E-state index contributed by atoms with van der Waals surface area (Å²) in [7, 11) is 1.41. The first-order valence-electron chi connectivity index (χ1n) is 13.6. The first-order valence-corrected chi connectivity index (χ1v) is 13.6. The van der Waals surface area contributed by atoms with E-state index in [1.165, 1.54) is 52.1 Å². The van der Waals surface area contributed by atoms with Crippen LogP contribution in [0.1, 0.15) is 118 Å². The molecule has 1 atom stereocenters. The fourth-order valence-electron chi connectivity index (χ4n) is 3.86. The number of ether oxygens (including phenoxy) is 2. The molecule has 0 saturated heterocycles. The number of carbonyl (C=O) groups excluding carboxylic acids is 2. The van der Waals surface area contributed by atoms with Crippen molar-refractivity contribution in [3.63, 3.8) is 0 Å². The molecule has 0 aromatic heterocycles. The van der Waals surface area contributed by atoms with Crippen LogP contribution in [0.5, 0.6) is 0 Å². The van der Waals surface area contributed by atoms with Gasteiger partial charge in [0.15, 0.2) is 0 Å². The second-order valence-corrected chi connectivity index (χ2v) is 10.3. The molecule has 0 fully saturated rings. The molecule has 1 unspecified atom stereocenters. The van der Waals surface area contributed by atoms with Crippen LogP contribution in [0.4, 0.5) is 4.79 Å². The lowest BCUT2D eigenvalue weighted by atomic mass is 10.1. The third kappa shape index (κ3) is 19.0. The molecule has 0 aliphatic rings. The minimum atomic E-state index is -0.447. The lowest BCUT2D eigenvalue weighted by molar-refractivity contribution is -0.144. The van der Waals surface area contributed by atoms with Crippen molar-refractivity contribution in [1.29, 1.82) is 0 Å². The van der Waals surface area contributed by atoms with Crippen molar-refractivity contribution < 1.29 is 24.2 Å². The van der Waals surface area contributed by atoms with Crippen LogP contribution >= 0.6 is 0 Å². The topological polar surface area (TPSA) is 88.1 Å². The molecule has 0 bridgehead atoms. The lowest BCUT2D eigenvalue weighted by Gasteiger charge is -2.34. The molecule has 0 rings (SSSR count). The summed E-state index contributed by atoms with van der Waals surface area (Å²) in [6.45, 7) is 10.5. The number of hydrogen-bond acceptors (Lipinski definition) is 6. The monoisotopic (exact) mass is 486 g/mol. The fourth-order valence-corrected chi connectivity index (χ4v) is 3.86. The highest BCUT2D eigenvalue weighted by molar-refractivity contribution is 5.69. The number of amides is 1. The third-order valence-corrected chi connectivity index (χ3v) is 6.00. The zero-order valence-corrected chi connectivity index (χ0v) is 22.8. The quantitative estimate of drug-likeness (QED) is 0.157. The van der Waals surface area contributed by atoms with Crippen molar-refractivity contribution >= 4 is 12.1 Å². The van der Waals surface area contributed by atoms with Gasteiger partial charge in [0.25, 0.3) is 0 Å². The Labute approximate surface area is 209 Å². The van der Waals surface area contributed by atoms with Crippen LogP contribution < -0.4 is 5.32 Å². The van der Waals surface area contributed by atoms with Gasteiger partial charge in [0.05, 0.1) is 19.8 Å². The maximum absolute atomic E-state index is 11.9. The number of unbranched alkanes of at least 4 members (excludes halogenated alkanes) is 9. The number of aliphatic hydroxyl groups is 1. The Balaban J connectivity index is 3.59. The fraction of sp³-hybridized carbons (Fsp3) is 0.926. The zero-order chi connectivity index (χ0) is 25.7. The molecule has 0 aromatic rings. The zero-order valence-electron chi connectivity index (χ0n) is 22.8. The minimum Gasteiger partial charge on any atom is -0.466 e. The number of methoxy groups -OCH3 is 1. The van der Waals surface area contributed by atoms with E-state index in [0.29, 0.717) is 39.0 Å². The van der Waals surface area contributed by atoms with E-state index in [9.17, 15) is 14.7 Å². The number of aliphatic hydroxyl groups excluding tert-OH is 1. The predicted molar refractivity (Wildman–Crippen MR) is 139 cm³/mol. The van der Waals surface area contributed by atoms with E-state index in [-0.39, 0.29) is 17.6 Å². The van der Waals surface area contributed by atoms with E-state index >= 15 is 0 Å². The van der Waals surface area contributed by atoms with Crippen molar-refractivity contribution in [1.82, 2.24) is 10.2 Å². The first-order chi connectivity index (χ1) is 16.2. The van der Waals surface area contributed by atoms with Crippen molar-refractivity contribution in [3.8, 4) is 0 Å². The van der Waals surface area contributed by atoms with Gasteiger partial charge in [-0.2, -0.15) is 0 Å². The number of esters is 1. The molecule has 0 radical (unpaired) electrons. The third-order valence-electron chi connectivity index (χ3n) is 6.00. The Bertz CT molecular complexity index is 508. The van der Waals surface area contributed by atoms with Gasteiger partial charge in [0.1, 0.15) is 0 Å². The lowest BCUT2D eigenvalue weighted by Crippen LogP contribution is -2.46. The Hall–Kier alpha value is -1.34. The van der Waals surface area contributed by atoms with E-state index in [1.54, 1.807) is 4.90 Å². The van der Waals surface area contributed by atoms with Gasteiger partial charge in [-0.05, 0) is 59.4 Å². The second-order valence-electron chi connectivity index (χ2n) is 10.3. The molecule has 0 aliphatic heterocycles. The van der Waals surface area contributed by atoms with Gasteiger partial charge in [-0.25, -0.2) is 4.79 Å². The van der Waals surface area contributed by atoms with Gasteiger partial charge in [0.2, 0.25) is 0 Å². The van der Waals surface area contributed by atoms with Crippen LogP contribution in [0.2, 0.25) is 0 Å². The van der Waals surface area contributed by atoms with Crippen LogP contribution in [-0.2, 0) is 14.3 Å². The smallest absolute Gasteiger partial charge is 0.409 e. The average Bonchev–Trinajstić information content (AvgIpc) is 2.79. The summed E-state index contributed by atoms with van der Waals surface area (Å²) in [6, 6.07) is 0. The number of nitrogens with zero attached hydrogens (tertiary/aromatic N) is 1. The summed E-state index contributed by atoms with van der Waals surface area (Å²) in [4.78, 5) is 25.4. The molecule has 202 valence electrons. The number of rotatable bonds is 21. The molecule has 0 aromatic carbocycles. The predicted octanol–water partition coefficient (Wildman–Crippen LogP) is 5.83. The van der Waals surface area contributed by atoms with Crippen molar-refractivity contribution in [2.24, 2.45) is 0 Å². The summed E-state index contributed by atoms with van der Waals surface area (Å²) in [5.41, 5.74) is -0.270. The highest BCUT2D eigenvalue weighted by Gasteiger charge is 2.26. The first kappa shape index (κ1) is 32.7. The van der Waals surface area contributed by atoms with E-state index < -0.39 is 6.10 Å². The molecule has 0 spiro atoms. The second kappa shape index (κ2) is 21.0. The van der Waals surface area contributed by atoms with Crippen LogP contribution in [-0.4, -0.2) is 67.1 Å². The van der Waals surface area contributed by atoms with Gasteiger partial charge >= 0.3 is 12.1 Å². The minimum absolute atomic E-state index is 0.119. The van der Waals surface area contributed by atoms with Gasteiger partial charge in [-0.3, -0.25) is 4.79 Å². The standard InChI is InChI=1S/C27H54N2O5/c1-6-7-8-9-10-11-12-13-14-19-25(31)34-22-17-18-24(30)23-28-20-15-16-21-29(26(32)33-5)27(2,3)4/h24,28,30H,6-23H2,1-5H3. The Kier molecular flexibility index (Phi) is 20.2. The van der Waals surface area contributed by atoms with E-state index in [1.807, 2.05) is 20.8 Å². The molecular weight excluding hydrogens is 432 g/mol. The van der Waals surface area contributed by atoms with Crippen molar-refractivity contribution in [3.05, 3.63) is 0 Å². The van der Waals surface area contributed by atoms with E-state index in [0.717, 1.165) is 32.2 Å². The van der Waals surface area contributed by atoms with Crippen molar-refractivity contribution in [2.75, 3.05) is 33.4 Å². The van der Waals surface area contributed by atoms with Crippen molar-refractivity contribution in [2.45, 2.75) is 129 Å². The molecule has 2 N–H and O–H groups in total. The van der Waals surface area contributed by atoms with Crippen LogP contribution in [0.3, 0.4) is 0 Å². The summed E-state index contributed by atoms with van der Waals surface area (Å²) < 4.78 is 10.2. The van der Waals surface area contributed by atoms with Gasteiger partial charge in [-0.15, -0.1) is 0 Å². The molecule has 7 nitrogen and oxygen atoms in total. The maximum Gasteiger partial charge on any atom is 0.409 e. The summed E-state index contributed by atoms with van der Waals surface area (Å²) in [5.74, 6) is -0.119. The summed E-state index contributed by atoms with van der Waals surface area (Å²) >= 11 is 0. The number of nitrogens with one attached hydrogen (secondary N) is 1. The number of hydrogen-bond donors (Lipinski definition) is 2. The van der Waals surface area contributed by atoms with Crippen LogP contribution in [0.25, 0.3) is 0 Å². The molecular formula is C27H54N2O5. The average molecular weight is 487 g/mol. The van der Waals surface area contributed by atoms with Gasteiger partial charge in [0, 0.05) is 25.0 Å². The molecule has 34 heavy (non-hydrogen) atoms. The van der Waals surface area contributed by atoms with Gasteiger partial charge in [-0.1, -0.05) is 58.3 Å². The Morgan fingerprint density at radius 2 is 1.53 bits per heavy atom.